The first kappa shape index (κ1) is 18.3. The molecule has 0 atom stereocenters. The van der Waals surface area contributed by atoms with Gasteiger partial charge in [-0.15, -0.1) is 0 Å². The zero-order valence-electron chi connectivity index (χ0n) is 11.5. The van der Waals surface area contributed by atoms with E-state index in [9.17, 15) is 4.79 Å². The van der Waals surface area contributed by atoms with E-state index < -0.39 is 5.91 Å². The molecule has 0 saturated heterocycles. The Labute approximate surface area is 160 Å². The van der Waals surface area contributed by atoms with Gasteiger partial charge in [0.2, 0.25) is 0 Å². The van der Waals surface area contributed by atoms with E-state index in [1.165, 1.54) is 6.21 Å². The van der Waals surface area contributed by atoms with Crippen LogP contribution in [0, 0.1) is 0 Å². The Morgan fingerprint density at radius 1 is 1.22 bits per heavy atom. The van der Waals surface area contributed by atoms with Gasteiger partial charge in [0.05, 0.1) is 20.7 Å². The van der Waals surface area contributed by atoms with Gasteiger partial charge in [0.1, 0.15) is 5.75 Å². The molecule has 0 spiro atoms. The largest absolute Gasteiger partial charge is 0.483 e. The Bertz CT molecular complexity index is 734. The molecule has 2 aromatic carbocycles. The molecule has 4 nitrogen and oxygen atoms in total. The van der Waals surface area contributed by atoms with Crippen molar-refractivity contribution in [2.24, 2.45) is 5.10 Å². The SMILES string of the molecule is O=C(COc1ccc(Br)cc1Br)N/N=C/c1c(Cl)cccc1Cl. The van der Waals surface area contributed by atoms with Crippen molar-refractivity contribution in [1.29, 1.82) is 0 Å². The number of hydrogen-bond acceptors (Lipinski definition) is 3. The molecule has 1 N–H and O–H groups in total. The van der Waals surface area contributed by atoms with Gasteiger partial charge in [-0.1, -0.05) is 45.2 Å². The monoisotopic (exact) mass is 478 g/mol. The second-order valence-electron chi connectivity index (χ2n) is 4.29. The molecule has 2 aromatic rings. The first-order chi connectivity index (χ1) is 11.0. The van der Waals surface area contributed by atoms with E-state index in [0.717, 1.165) is 8.95 Å². The highest BCUT2D eigenvalue weighted by molar-refractivity contribution is 9.11. The minimum atomic E-state index is -0.403. The van der Waals surface area contributed by atoms with Crippen LogP contribution in [-0.4, -0.2) is 18.7 Å². The summed E-state index contributed by atoms with van der Waals surface area (Å²) in [5.41, 5.74) is 2.89. The average Bonchev–Trinajstić information content (AvgIpc) is 2.49. The van der Waals surface area contributed by atoms with Crippen LogP contribution in [0.1, 0.15) is 5.56 Å². The van der Waals surface area contributed by atoms with Crippen molar-refractivity contribution in [2.45, 2.75) is 0 Å². The third-order valence-corrected chi connectivity index (χ3v) is 4.41. The summed E-state index contributed by atoms with van der Waals surface area (Å²) in [6, 6.07) is 10.5. The molecule has 0 unspecified atom stereocenters. The Hall–Kier alpha value is -1.08. The Kier molecular flexibility index (Phi) is 6.89. The van der Waals surface area contributed by atoms with E-state index in [1.54, 1.807) is 24.3 Å². The Morgan fingerprint density at radius 3 is 2.57 bits per heavy atom. The molecule has 2 rings (SSSR count). The van der Waals surface area contributed by atoms with Gasteiger partial charge in [-0.25, -0.2) is 5.43 Å². The van der Waals surface area contributed by atoms with E-state index in [2.05, 4.69) is 42.4 Å². The number of carbonyl (C=O) groups excluding carboxylic acids is 1. The molecule has 0 heterocycles. The smallest absolute Gasteiger partial charge is 0.277 e. The molecule has 8 heteroatoms. The maximum absolute atomic E-state index is 11.7. The molecule has 0 bridgehead atoms. The second-order valence-corrected chi connectivity index (χ2v) is 6.88. The number of carbonyl (C=O) groups is 1. The summed E-state index contributed by atoms with van der Waals surface area (Å²) in [7, 11) is 0. The zero-order chi connectivity index (χ0) is 16.8. The number of halogens is 4. The van der Waals surface area contributed by atoms with Crippen molar-refractivity contribution in [3.05, 3.63) is 61.0 Å². The maximum Gasteiger partial charge on any atom is 0.277 e. The predicted octanol–water partition coefficient (Wildman–Crippen LogP) is 5.05. The minimum absolute atomic E-state index is 0.173. The molecule has 0 saturated carbocycles. The molecule has 1 amide bonds. The molecule has 0 radical (unpaired) electrons. The molecule has 0 aliphatic rings. The molecule has 120 valence electrons. The van der Waals surface area contributed by atoms with E-state index in [0.29, 0.717) is 21.4 Å². The Morgan fingerprint density at radius 2 is 1.91 bits per heavy atom. The van der Waals surface area contributed by atoms with Gasteiger partial charge < -0.3 is 4.74 Å². The number of amides is 1. The number of ether oxygens (including phenoxy) is 1. The van der Waals surface area contributed by atoms with Crippen LogP contribution in [0.2, 0.25) is 10.0 Å². The highest BCUT2D eigenvalue weighted by Gasteiger charge is 2.06. The lowest BCUT2D eigenvalue weighted by Crippen LogP contribution is -2.24. The highest BCUT2D eigenvalue weighted by atomic mass is 79.9. The van der Waals surface area contributed by atoms with Crippen molar-refractivity contribution in [3.8, 4) is 5.75 Å². The average molecular weight is 481 g/mol. The summed E-state index contributed by atoms with van der Waals surface area (Å²) in [6.45, 7) is -0.173. The molecule has 23 heavy (non-hydrogen) atoms. The first-order valence-electron chi connectivity index (χ1n) is 6.31. The van der Waals surface area contributed by atoms with Crippen LogP contribution in [-0.2, 0) is 4.79 Å². The fourth-order valence-corrected chi connectivity index (χ4v) is 3.23. The third-order valence-electron chi connectivity index (χ3n) is 2.64. The van der Waals surface area contributed by atoms with Crippen molar-refractivity contribution >= 4 is 67.2 Å². The second kappa shape index (κ2) is 8.68. The van der Waals surface area contributed by atoms with E-state index >= 15 is 0 Å². The van der Waals surface area contributed by atoms with E-state index in [4.69, 9.17) is 27.9 Å². The highest BCUT2D eigenvalue weighted by Crippen LogP contribution is 2.28. The van der Waals surface area contributed by atoms with Crippen LogP contribution in [0.15, 0.2) is 50.4 Å². The molecule has 0 aliphatic heterocycles. The third kappa shape index (κ3) is 5.49. The van der Waals surface area contributed by atoms with Crippen molar-refractivity contribution in [1.82, 2.24) is 5.43 Å². The van der Waals surface area contributed by atoms with Gasteiger partial charge in [-0.05, 0) is 46.3 Å². The fraction of sp³-hybridized carbons (Fsp3) is 0.0667. The lowest BCUT2D eigenvalue weighted by molar-refractivity contribution is -0.123. The Balaban J connectivity index is 1.89. The number of benzene rings is 2. The van der Waals surface area contributed by atoms with Crippen molar-refractivity contribution < 1.29 is 9.53 Å². The summed E-state index contributed by atoms with van der Waals surface area (Å²) in [4.78, 5) is 11.7. The molecule has 0 aromatic heterocycles. The number of hydrazone groups is 1. The van der Waals surface area contributed by atoms with Crippen molar-refractivity contribution in [2.75, 3.05) is 6.61 Å². The summed E-state index contributed by atoms with van der Waals surface area (Å²) in [5.74, 6) is 0.153. The van der Waals surface area contributed by atoms with Crippen LogP contribution in [0.5, 0.6) is 5.75 Å². The van der Waals surface area contributed by atoms with E-state index in [-0.39, 0.29) is 6.61 Å². The molecule has 0 fully saturated rings. The zero-order valence-corrected chi connectivity index (χ0v) is 16.2. The standard InChI is InChI=1S/C15H10Br2Cl2N2O2/c16-9-4-5-14(11(17)6-9)23-8-15(22)21-20-7-10-12(18)2-1-3-13(10)19/h1-7H,8H2,(H,21,22)/b20-7+. The molecular weight excluding hydrogens is 471 g/mol. The first-order valence-corrected chi connectivity index (χ1v) is 8.65. The summed E-state index contributed by atoms with van der Waals surface area (Å²) in [5, 5.41) is 4.72. The molecule has 0 aliphatic carbocycles. The van der Waals surface area contributed by atoms with Crippen LogP contribution in [0.25, 0.3) is 0 Å². The van der Waals surface area contributed by atoms with Gasteiger partial charge >= 0.3 is 0 Å². The number of nitrogens with one attached hydrogen (secondary N) is 1. The van der Waals surface area contributed by atoms with Gasteiger partial charge in [-0.3, -0.25) is 4.79 Å². The topological polar surface area (TPSA) is 50.7 Å². The fourth-order valence-electron chi connectivity index (χ4n) is 1.57. The normalized spacial score (nSPS) is 10.8. The lowest BCUT2D eigenvalue weighted by atomic mass is 10.2. The maximum atomic E-state index is 11.7. The lowest BCUT2D eigenvalue weighted by Gasteiger charge is -2.07. The van der Waals surface area contributed by atoms with E-state index in [1.807, 2.05) is 12.1 Å². The number of rotatable bonds is 5. The summed E-state index contributed by atoms with van der Waals surface area (Å²) < 4.78 is 7.04. The predicted molar refractivity (Wildman–Crippen MR) is 99.5 cm³/mol. The van der Waals surface area contributed by atoms with Crippen LogP contribution >= 0.6 is 55.1 Å². The number of nitrogens with zero attached hydrogens (tertiary/aromatic N) is 1. The summed E-state index contributed by atoms with van der Waals surface area (Å²) in [6.07, 6.45) is 1.39. The van der Waals surface area contributed by atoms with Crippen LogP contribution in [0.4, 0.5) is 0 Å². The van der Waals surface area contributed by atoms with Gasteiger partial charge in [0.15, 0.2) is 6.61 Å². The van der Waals surface area contributed by atoms with Crippen LogP contribution in [0.3, 0.4) is 0 Å². The number of hydrogen-bond donors (Lipinski definition) is 1. The van der Waals surface area contributed by atoms with Crippen molar-refractivity contribution in [3.63, 3.8) is 0 Å². The quantitative estimate of drug-likeness (QED) is 0.481. The van der Waals surface area contributed by atoms with Crippen LogP contribution < -0.4 is 10.2 Å². The molecular formula is C15H10Br2Cl2N2O2. The van der Waals surface area contributed by atoms with Gasteiger partial charge in [-0.2, -0.15) is 5.10 Å². The summed E-state index contributed by atoms with van der Waals surface area (Å²) >= 11 is 18.7. The minimum Gasteiger partial charge on any atom is -0.483 e. The van der Waals surface area contributed by atoms with Gasteiger partial charge in [0.25, 0.3) is 5.91 Å². The van der Waals surface area contributed by atoms with Gasteiger partial charge in [0, 0.05) is 10.0 Å².